The van der Waals surface area contributed by atoms with Gasteiger partial charge in [0.15, 0.2) is 18.2 Å². The van der Waals surface area contributed by atoms with E-state index < -0.39 is 104 Å². The molecule has 2 aliphatic heterocycles. The molecule has 228 valence electrons. The summed E-state index contributed by atoms with van der Waals surface area (Å²) in [5.74, 6) is -5.34. The van der Waals surface area contributed by atoms with Crippen molar-refractivity contribution in [3.05, 3.63) is 0 Å². The standard InChI is InChI=1S/2C10H17NO8.CH4/c1-3-7(18-2-4(11)9(14)15)5(12)6(13)8(19-3)10(16)17;1-3-5(12)6(13)7(14)8(19-3)10(17)18-2-4(11)9(15)16;/h3-8,12-13H,2,11H2,1H3,(H,14,15)(H,16,17);3-8,12-14H,2,11H2,1H3,(H,15,16);1H4/t3?,4?,5-,6-,7-,8?;3?,4?,5-,6+,7-,8?;/m00./s1. The van der Waals surface area contributed by atoms with Gasteiger partial charge in [0.05, 0.1) is 12.2 Å². The molecule has 0 radical (unpaired) electrons. The van der Waals surface area contributed by atoms with Crippen molar-refractivity contribution in [3.63, 3.8) is 0 Å². The predicted molar refractivity (Wildman–Crippen MR) is 117 cm³/mol. The summed E-state index contributed by atoms with van der Waals surface area (Å²) in [6.07, 6.45) is -13.5. The number of aliphatic hydroxyl groups excluding tert-OH is 5. The molecular weight excluding hydrogens is 536 g/mol. The Kier molecular flexibility index (Phi) is 14.9. The second kappa shape index (κ2) is 15.9. The molecule has 2 saturated heterocycles. The number of aliphatic hydroxyl groups is 5. The minimum Gasteiger partial charge on any atom is -0.544 e. The van der Waals surface area contributed by atoms with Gasteiger partial charge in [-0.3, -0.25) is 0 Å². The van der Waals surface area contributed by atoms with E-state index in [0.29, 0.717) is 0 Å². The molecule has 18 heteroatoms. The number of esters is 1. The molecule has 0 spiro atoms. The monoisotopic (exact) mass is 574 g/mol. The lowest BCUT2D eigenvalue weighted by Crippen LogP contribution is -2.71. The molecule has 2 fully saturated rings. The number of hydrogen-bond donors (Lipinski definition) is 8. The molecule has 12 atom stereocenters. The SMILES string of the molecule is C.CC1OC(C(=O)O)[C@@H](O)[C@H](O)[C@H]1OCC([NH3+])C(=O)[O-].CC1OC(C(=O)OCC([NH3+])C(=O)[O-])[C@@H](O)[C@H](O)[C@H]1O. The largest absolute Gasteiger partial charge is 0.544 e. The van der Waals surface area contributed by atoms with Gasteiger partial charge in [0.25, 0.3) is 0 Å². The smallest absolute Gasteiger partial charge is 0.338 e. The van der Waals surface area contributed by atoms with Crippen LogP contribution in [0.1, 0.15) is 21.3 Å². The van der Waals surface area contributed by atoms with Gasteiger partial charge in [-0.05, 0) is 13.8 Å². The van der Waals surface area contributed by atoms with Crippen LogP contribution in [0, 0.1) is 0 Å². The Morgan fingerprint density at radius 1 is 0.769 bits per heavy atom. The minimum atomic E-state index is -1.66. The maximum atomic E-state index is 11.6. The summed E-state index contributed by atoms with van der Waals surface area (Å²) in [5, 5.41) is 77.5. The van der Waals surface area contributed by atoms with Gasteiger partial charge in [0.2, 0.25) is 0 Å². The normalized spacial score (nSPS) is 35.7. The van der Waals surface area contributed by atoms with Crippen molar-refractivity contribution in [2.45, 2.75) is 94.4 Å². The Morgan fingerprint density at radius 2 is 1.23 bits per heavy atom. The molecule has 0 aromatic rings. The molecule has 18 nitrogen and oxygen atoms in total. The van der Waals surface area contributed by atoms with Crippen LogP contribution in [-0.2, 0) is 38.1 Å². The van der Waals surface area contributed by atoms with Crippen molar-refractivity contribution in [2.75, 3.05) is 13.2 Å². The molecule has 0 saturated carbocycles. The van der Waals surface area contributed by atoms with Crippen molar-refractivity contribution in [2.24, 2.45) is 0 Å². The first-order valence-electron chi connectivity index (χ1n) is 11.3. The highest BCUT2D eigenvalue weighted by molar-refractivity contribution is 5.76. The second-order valence-electron chi connectivity index (χ2n) is 8.77. The Labute approximate surface area is 222 Å². The third-order valence-corrected chi connectivity index (χ3v) is 5.73. The zero-order chi connectivity index (χ0) is 29.5. The highest BCUT2D eigenvalue weighted by Crippen LogP contribution is 2.24. The third-order valence-electron chi connectivity index (χ3n) is 5.73. The fourth-order valence-electron chi connectivity index (χ4n) is 3.35. The summed E-state index contributed by atoms with van der Waals surface area (Å²) in [4.78, 5) is 43.2. The average molecular weight is 575 g/mol. The Hall–Kier alpha value is -2.52. The van der Waals surface area contributed by atoms with Crippen LogP contribution in [0.3, 0.4) is 0 Å². The lowest BCUT2D eigenvalue weighted by atomic mass is 9.95. The lowest BCUT2D eigenvalue weighted by molar-refractivity contribution is -0.445. The first kappa shape index (κ1) is 36.5. The zero-order valence-electron chi connectivity index (χ0n) is 20.5. The van der Waals surface area contributed by atoms with Gasteiger partial charge in [-0.25, -0.2) is 9.59 Å². The molecule has 6 unspecified atom stereocenters. The van der Waals surface area contributed by atoms with Crippen LogP contribution < -0.4 is 21.7 Å². The number of carbonyl (C=O) groups is 4. The van der Waals surface area contributed by atoms with Crippen LogP contribution >= 0.6 is 0 Å². The van der Waals surface area contributed by atoms with E-state index in [-0.39, 0.29) is 14.0 Å². The zero-order valence-corrected chi connectivity index (χ0v) is 20.5. The van der Waals surface area contributed by atoms with E-state index in [2.05, 4.69) is 16.2 Å². The van der Waals surface area contributed by atoms with E-state index >= 15 is 0 Å². The van der Waals surface area contributed by atoms with Crippen LogP contribution in [-0.4, -0.2) is 141 Å². The van der Waals surface area contributed by atoms with Gasteiger partial charge in [0.1, 0.15) is 67.8 Å². The average Bonchev–Trinajstić information content (AvgIpc) is 2.85. The van der Waals surface area contributed by atoms with Crippen molar-refractivity contribution in [3.8, 4) is 0 Å². The molecule has 39 heavy (non-hydrogen) atoms. The van der Waals surface area contributed by atoms with Crippen LogP contribution in [0.15, 0.2) is 0 Å². The fourth-order valence-corrected chi connectivity index (χ4v) is 3.35. The van der Waals surface area contributed by atoms with Gasteiger partial charge in [-0.1, -0.05) is 7.43 Å². The van der Waals surface area contributed by atoms with E-state index in [1.54, 1.807) is 0 Å². The van der Waals surface area contributed by atoms with E-state index in [1.165, 1.54) is 13.8 Å². The third kappa shape index (κ3) is 9.87. The number of hydrogen-bond acceptors (Lipinski definition) is 15. The Bertz CT molecular complexity index is 830. The minimum absolute atomic E-state index is 0. The summed E-state index contributed by atoms with van der Waals surface area (Å²) >= 11 is 0. The van der Waals surface area contributed by atoms with E-state index in [4.69, 9.17) is 19.3 Å². The lowest BCUT2D eigenvalue weighted by Gasteiger charge is -2.39. The molecule has 2 rings (SSSR count). The number of rotatable bonds is 9. The van der Waals surface area contributed by atoms with Crippen molar-refractivity contribution in [1.29, 1.82) is 0 Å². The van der Waals surface area contributed by atoms with Crippen LogP contribution in [0.25, 0.3) is 0 Å². The molecule has 0 aliphatic carbocycles. The van der Waals surface area contributed by atoms with Gasteiger partial charge in [-0.15, -0.1) is 0 Å². The summed E-state index contributed by atoms with van der Waals surface area (Å²) < 4.78 is 19.8. The summed E-state index contributed by atoms with van der Waals surface area (Å²) in [7, 11) is 0. The molecule has 0 aromatic carbocycles. The maximum Gasteiger partial charge on any atom is 0.338 e. The molecule has 2 aliphatic rings. The molecular formula is C21H38N2O16. The van der Waals surface area contributed by atoms with Gasteiger partial charge < -0.3 is 80.9 Å². The van der Waals surface area contributed by atoms with Crippen molar-refractivity contribution >= 4 is 23.9 Å². The second-order valence-corrected chi connectivity index (χ2v) is 8.77. The van der Waals surface area contributed by atoms with E-state index in [0.717, 1.165) is 0 Å². The molecule has 12 N–H and O–H groups in total. The number of ether oxygens (including phenoxy) is 4. The molecule has 2 heterocycles. The highest BCUT2D eigenvalue weighted by atomic mass is 16.6. The number of carboxylic acid groups (broad SMARTS) is 3. The number of aliphatic carboxylic acids is 3. The van der Waals surface area contributed by atoms with Gasteiger partial charge in [0, 0.05) is 0 Å². The summed E-state index contributed by atoms with van der Waals surface area (Å²) in [5.41, 5.74) is 6.45. The Morgan fingerprint density at radius 3 is 1.72 bits per heavy atom. The van der Waals surface area contributed by atoms with Crippen LogP contribution in [0.4, 0.5) is 0 Å². The van der Waals surface area contributed by atoms with Gasteiger partial charge >= 0.3 is 11.9 Å². The molecule has 0 aromatic heterocycles. The first-order valence-corrected chi connectivity index (χ1v) is 11.3. The Balaban J connectivity index is 0.000000722. The van der Waals surface area contributed by atoms with E-state index in [9.17, 15) is 54.9 Å². The number of carboxylic acids is 3. The van der Waals surface area contributed by atoms with Crippen molar-refractivity contribution in [1.82, 2.24) is 0 Å². The molecule has 0 amide bonds. The quantitative estimate of drug-likeness (QED) is 0.118. The highest BCUT2D eigenvalue weighted by Gasteiger charge is 2.47. The fraction of sp³-hybridized carbons (Fsp3) is 0.810. The predicted octanol–water partition coefficient (Wildman–Crippen LogP) is -9.28. The first-order chi connectivity index (χ1) is 17.5. The molecule has 0 bridgehead atoms. The van der Waals surface area contributed by atoms with Crippen LogP contribution in [0.2, 0.25) is 0 Å². The summed E-state index contributed by atoms with van der Waals surface area (Å²) in [6.45, 7) is 1.97. The number of carbonyl (C=O) groups excluding carboxylic acids is 3. The van der Waals surface area contributed by atoms with Gasteiger partial charge in [-0.2, -0.15) is 0 Å². The maximum absolute atomic E-state index is 11.6. The van der Waals surface area contributed by atoms with Crippen molar-refractivity contribution < 1.29 is 90.4 Å². The topological polar surface area (TPSA) is 328 Å². The van der Waals surface area contributed by atoms with E-state index in [1.807, 2.05) is 0 Å². The number of quaternary nitrogens is 2. The van der Waals surface area contributed by atoms with Crippen LogP contribution in [0.5, 0.6) is 0 Å². The summed E-state index contributed by atoms with van der Waals surface area (Å²) in [6, 6.07) is -2.40.